The van der Waals surface area contributed by atoms with Crippen LogP contribution in [-0.2, 0) is 14.4 Å². The second-order valence-corrected chi connectivity index (χ2v) is 11.4. The molecule has 0 aromatic heterocycles. The third-order valence-corrected chi connectivity index (χ3v) is 9.94. The van der Waals surface area contributed by atoms with Crippen LogP contribution < -0.4 is 0 Å². The Morgan fingerprint density at radius 1 is 1.12 bits per heavy atom. The molecule has 6 heteroatoms. The van der Waals surface area contributed by atoms with Gasteiger partial charge in [0.2, 0.25) is 0 Å². The van der Waals surface area contributed by atoms with Gasteiger partial charge in [-0.3, -0.25) is 14.4 Å². The van der Waals surface area contributed by atoms with Crippen LogP contribution in [0.5, 0.6) is 0 Å². The first-order valence-corrected chi connectivity index (χ1v) is 12.3. The highest BCUT2D eigenvalue weighted by atomic mass is 16.3. The van der Waals surface area contributed by atoms with E-state index < -0.39 is 23.4 Å². The van der Waals surface area contributed by atoms with Gasteiger partial charge in [-0.25, -0.2) is 0 Å². The summed E-state index contributed by atoms with van der Waals surface area (Å²) in [6.45, 7) is 3.46. The van der Waals surface area contributed by atoms with E-state index in [0.717, 1.165) is 51.4 Å². The maximum absolute atomic E-state index is 13.4. The van der Waals surface area contributed by atoms with Gasteiger partial charge in [-0.05, 0) is 80.6 Å². The molecule has 3 N–H and O–H groups in total. The number of hydrogen-bond acceptors (Lipinski definition) is 6. The van der Waals surface area contributed by atoms with Gasteiger partial charge >= 0.3 is 0 Å². The molecule has 0 aromatic rings. The maximum atomic E-state index is 13.4. The quantitative estimate of drug-likeness (QED) is 0.601. The van der Waals surface area contributed by atoms with Gasteiger partial charge in [-0.1, -0.05) is 19.9 Å². The number of rotatable bonds is 2. The first kappa shape index (κ1) is 23.8. The molecular weight excluding hydrogens is 408 g/mol. The summed E-state index contributed by atoms with van der Waals surface area (Å²) in [6, 6.07) is 0. The van der Waals surface area contributed by atoms with Gasteiger partial charge in [0.25, 0.3) is 0 Å². The van der Waals surface area contributed by atoms with Crippen molar-refractivity contribution < 1.29 is 29.7 Å². The predicted molar refractivity (Wildman–Crippen MR) is 119 cm³/mol. The highest BCUT2D eigenvalue weighted by Crippen LogP contribution is 2.67. The molecular formula is C26H38O6. The molecule has 0 amide bonds. The van der Waals surface area contributed by atoms with Crippen molar-refractivity contribution in [1.82, 2.24) is 0 Å². The van der Waals surface area contributed by atoms with Gasteiger partial charge in [0, 0.05) is 24.2 Å². The molecule has 178 valence electrons. The minimum atomic E-state index is -1.58. The number of Topliss-reactive ketones (excluding diaryl/α,β-unsaturated/α-hetero) is 2. The van der Waals surface area contributed by atoms with Crippen molar-refractivity contribution >= 4 is 17.3 Å². The SMILES string of the molecule is C[C@]12CC[C@@H](O)C[C@H]1CC[C@@H]1[C@@H]2C(=O)C[C@@]2(C)[C@H]1CC[C@]2(O)C(=O)CO.O=C1C=CCC1. The van der Waals surface area contributed by atoms with E-state index in [1.807, 2.05) is 13.0 Å². The van der Waals surface area contributed by atoms with Crippen LogP contribution in [0.3, 0.4) is 0 Å². The Hall–Kier alpha value is -1.37. The van der Waals surface area contributed by atoms with Crippen LogP contribution in [0.4, 0.5) is 0 Å². The van der Waals surface area contributed by atoms with Crippen LogP contribution in [0.1, 0.15) is 78.1 Å². The van der Waals surface area contributed by atoms with Gasteiger partial charge in [0.1, 0.15) is 18.0 Å². The lowest BCUT2D eigenvalue weighted by Gasteiger charge is -2.60. The fourth-order valence-corrected chi connectivity index (χ4v) is 8.17. The van der Waals surface area contributed by atoms with Gasteiger partial charge < -0.3 is 15.3 Å². The zero-order valence-electron chi connectivity index (χ0n) is 19.4. The molecule has 5 rings (SSSR count). The average Bonchev–Trinajstić information content (AvgIpc) is 3.33. The van der Waals surface area contributed by atoms with Crippen LogP contribution in [0, 0.1) is 34.5 Å². The summed E-state index contributed by atoms with van der Waals surface area (Å²) >= 11 is 0. The lowest BCUT2D eigenvalue weighted by Crippen LogP contribution is -2.62. The molecule has 0 heterocycles. The monoisotopic (exact) mass is 446 g/mol. The van der Waals surface area contributed by atoms with E-state index in [1.54, 1.807) is 6.08 Å². The molecule has 6 nitrogen and oxygen atoms in total. The molecule has 8 atom stereocenters. The number of carbonyl (C=O) groups is 3. The molecule has 4 saturated carbocycles. The molecule has 5 aliphatic rings. The lowest BCUT2D eigenvalue weighted by atomic mass is 9.44. The summed E-state index contributed by atoms with van der Waals surface area (Å²) in [4.78, 5) is 35.9. The van der Waals surface area contributed by atoms with Crippen molar-refractivity contribution in [2.75, 3.05) is 6.61 Å². The Bertz CT molecular complexity index is 819. The van der Waals surface area contributed by atoms with E-state index in [2.05, 4.69) is 6.92 Å². The van der Waals surface area contributed by atoms with E-state index in [1.165, 1.54) is 0 Å². The van der Waals surface area contributed by atoms with E-state index in [4.69, 9.17) is 0 Å². The third-order valence-electron chi connectivity index (χ3n) is 9.94. The average molecular weight is 447 g/mol. The highest BCUT2D eigenvalue weighted by Gasteiger charge is 2.68. The van der Waals surface area contributed by atoms with Gasteiger partial charge in [0.05, 0.1) is 6.10 Å². The minimum absolute atomic E-state index is 0.0154. The second-order valence-electron chi connectivity index (χ2n) is 11.4. The standard InChI is InChI=1S/C21H32O5.C5H6O/c1-19-7-5-13(23)9-12(19)3-4-14-15-6-8-21(26,17(25)11-22)20(15,2)10-16(24)18(14)19;6-5-3-1-2-4-5/h12-15,18,22-23,26H,3-11H2,1-2H3;1,3H,2,4H2/t12-,13-,14+,15+,18-,19+,20+,21+;/m1./s1. The van der Waals surface area contributed by atoms with E-state index in [0.29, 0.717) is 12.3 Å². The normalized spacial score (nSPS) is 47.2. The summed E-state index contributed by atoms with van der Waals surface area (Å²) in [5.74, 6) is 0.653. The first-order valence-electron chi connectivity index (χ1n) is 12.3. The largest absolute Gasteiger partial charge is 0.393 e. The molecule has 0 aromatic carbocycles. The van der Waals surface area contributed by atoms with Crippen LogP contribution in [0.2, 0.25) is 0 Å². The number of aliphatic hydroxyl groups excluding tert-OH is 2. The zero-order valence-corrected chi connectivity index (χ0v) is 19.4. The summed E-state index contributed by atoms with van der Waals surface area (Å²) in [5, 5.41) is 30.6. The van der Waals surface area contributed by atoms with Crippen LogP contribution in [-0.4, -0.2) is 51.0 Å². The van der Waals surface area contributed by atoms with Crippen LogP contribution in [0.25, 0.3) is 0 Å². The summed E-state index contributed by atoms with van der Waals surface area (Å²) in [5.41, 5.74) is -2.40. The van der Waals surface area contributed by atoms with Crippen molar-refractivity contribution in [2.45, 2.75) is 89.8 Å². The number of allylic oxidation sites excluding steroid dienone is 2. The number of aliphatic hydroxyl groups is 3. The molecule has 0 aliphatic heterocycles. The maximum Gasteiger partial charge on any atom is 0.190 e. The molecule has 0 spiro atoms. The molecule has 0 saturated heterocycles. The van der Waals surface area contributed by atoms with E-state index in [-0.39, 0.29) is 47.3 Å². The molecule has 4 fully saturated rings. The predicted octanol–water partition coefficient (Wildman–Crippen LogP) is 2.77. The Morgan fingerprint density at radius 3 is 2.47 bits per heavy atom. The topological polar surface area (TPSA) is 112 Å². The third kappa shape index (κ3) is 3.54. The minimum Gasteiger partial charge on any atom is -0.393 e. The van der Waals surface area contributed by atoms with E-state index >= 15 is 0 Å². The number of fused-ring (bicyclic) bond motifs is 5. The molecule has 32 heavy (non-hydrogen) atoms. The summed E-state index contributed by atoms with van der Waals surface area (Å²) in [6.07, 6.45) is 10.7. The van der Waals surface area contributed by atoms with Crippen LogP contribution in [0.15, 0.2) is 12.2 Å². The van der Waals surface area contributed by atoms with Crippen molar-refractivity contribution in [2.24, 2.45) is 34.5 Å². The van der Waals surface area contributed by atoms with Crippen LogP contribution >= 0.6 is 0 Å². The molecule has 0 radical (unpaired) electrons. The lowest BCUT2D eigenvalue weighted by molar-refractivity contribution is -0.180. The number of hydrogen-bond donors (Lipinski definition) is 3. The van der Waals surface area contributed by atoms with Crippen molar-refractivity contribution in [3.05, 3.63) is 12.2 Å². The fourth-order valence-electron chi connectivity index (χ4n) is 8.17. The first-order chi connectivity index (χ1) is 15.1. The summed E-state index contributed by atoms with van der Waals surface area (Å²) < 4.78 is 0. The fraction of sp³-hybridized carbons (Fsp3) is 0.808. The second kappa shape index (κ2) is 8.44. The van der Waals surface area contributed by atoms with Crippen molar-refractivity contribution in [1.29, 1.82) is 0 Å². The molecule has 0 bridgehead atoms. The van der Waals surface area contributed by atoms with E-state index in [9.17, 15) is 29.7 Å². The Kier molecular flexibility index (Phi) is 6.27. The molecule has 0 unspecified atom stereocenters. The Balaban J connectivity index is 0.000000354. The van der Waals surface area contributed by atoms with Crippen molar-refractivity contribution in [3.63, 3.8) is 0 Å². The van der Waals surface area contributed by atoms with Gasteiger partial charge in [0.15, 0.2) is 11.6 Å². The zero-order chi connectivity index (χ0) is 23.3. The van der Waals surface area contributed by atoms with Gasteiger partial charge in [-0.15, -0.1) is 0 Å². The Labute approximate surface area is 190 Å². The highest BCUT2D eigenvalue weighted by molar-refractivity contribution is 5.92. The van der Waals surface area contributed by atoms with Gasteiger partial charge in [-0.2, -0.15) is 0 Å². The number of carbonyl (C=O) groups excluding carboxylic acids is 3. The smallest absolute Gasteiger partial charge is 0.190 e. The Morgan fingerprint density at radius 2 is 1.88 bits per heavy atom. The molecule has 5 aliphatic carbocycles. The summed E-state index contributed by atoms with van der Waals surface area (Å²) in [7, 11) is 0. The van der Waals surface area contributed by atoms with Crippen molar-refractivity contribution in [3.8, 4) is 0 Å². The number of ketones is 3.